The quantitative estimate of drug-likeness (QED) is 0.561. The van der Waals surface area contributed by atoms with Gasteiger partial charge in [-0.2, -0.15) is 0 Å². The normalized spacial score (nSPS) is 23.1. The smallest absolute Gasteiger partial charge is 0.470 e. The van der Waals surface area contributed by atoms with E-state index in [-0.39, 0.29) is 0 Å². The number of amidine groups is 1. The fraction of sp³-hybridized carbons (Fsp3) is 0.667. The van der Waals surface area contributed by atoms with Gasteiger partial charge in [0.25, 0.3) is 0 Å². The number of hydrogen-bond acceptors (Lipinski definition) is 4. The van der Waals surface area contributed by atoms with E-state index >= 15 is 0 Å². The molecular weight excluding hydrogens is 339 g/mol. The van der Waals surface area contributed by atoms with Crippen LogP contribution in [0.5, 0.6) is 0 Å². The number of nitrogens with one attached hydrogen (secondary N) is 1. The minimum absolute atomic E-state index is 0.470. The van der Waals surface area contributed by atoms with Gasteiger partial charge in [-0.25, -0.2) is 4.99 Å². The van der Waals surface area contributed by atoms with E-state index in [9.17, 15) is 0 Å². The molecule has 0 unspecified atom stereocenters. The van der Waals surface area contributed by atoms with Gasteiger partial charge < -0.3 is 19.3 Å². The number of benzene rings is 1. The zero-order valence-corrected chi connectivity index (χ0v) is 17.5. The number of anilines is 1. The Balaban J connectivity index is 1.73. The van der Waals surface area contributed by atoms with Crippen LogP contribution < -0.4 is 10.8 Å². The molecule has 27 heavy (non-hydrogen) atoms. The molecule has 2 aliphatic heterocycles. The van der Waals surface area contributed by atoms with Crippen molar-refractivity contribution in [2.45, 2.75) is 84.3 Å². The molecule has 1 aromatic carbocycles. The minimum atomic E-state index is -2.06. The lowest BCUT2D eigenvalue weighted by atomic mass is 9.67. The number of aliphatic imine (C=N–C) groups is 1. The van der Waals surface area contributed by atoms with Crippen molar-refractivity contribution in [3.8, 4) is 0 Å². The molecule has 0 saturated carbocycles. The Morgan fingerprint density at radius 3 is 2.26 bits per heavy atom. The van der Waals surface area contributed by atoms with Gasteiger partial charge in [-0.05, 0) is 40.2 Å². The predicted octanol–water partition coefficient (Wildman–Crippen LogP) is 4.60. The summed E-state index contributed by atoms with van der Waals surface area (Å²) in [4.78, 5) is 4.65. The van der Waals surface area contributed by atoms with E-state index in [0.717, 1.165) is 24.1 Å². The Morgan fingerprint density at radius 2 is 1.56 bits per heavy atom. The number of hydrogen-bond donors (Lipinski definition) is 1. The maximum absolute atomic E-state index is 6.42. The van der Waals surface area contributed by atoms with Crippen LogP contribution in [0.1, 0.15) is 73.1 Å². The number of rotatable bonds is 7. The number of fused-ring (bicyclic) bond motifs is 2. The standard InChI is InChI=1S/C21H34BN2O3/c1-6-7-8-9-10-13-16-23-19-24-18-15-12-11-14-17(18)22(25-19)26-20(2,3)21(4,5)27-22/h11-12,14-15H,6-10,13,16H2,1-5H3,(H,23,24)/q-1. The van der Waals surface area contributed by atoms with Crippen LogP contribution >= 0.6 is 0 Å². The molecule has 0 aromatic heterocycles. The molecule has 6 heteroatoms. The van der Waals surface area contributed by atoms with Crippen LogP contribution in [0, 0.1) is 0 Å². The lowest BCUT2D eigenvalue weighted by Crippen LogP contribution is -2.60. The summed E-state index contributed by atoms with van der Waals surface area (Å²) in [6.45, 7) is 9.11. The van der Waals surface area contributed by atoms with Gasteiger partial charge in [-0.3, -0.25) is 0 Å². The molecule has 2 aliphatic rings. The zero-order chi connectivity index (χ0) is 19.5. The highest BCUT2D eigenvalue weighted by Crippen LogP contribution is 2.43. The highest BCUT2D eigenvalue weighted by Gasteiger charge is 2.57. The van der Waals surface area contributed by atoms with Crippen molar-refractivity contribution < 1.29 is 14.0 Å². The van der Waals surface area contributed by atoms with Gasteiger partial charge in [0.05, 0.1) is 0 Å². The Bertz CT molecular complexity index is 672. The Labute approximate surface area is 163 Å². The van der Waals surface area contributed by atoms with E-state index in [4.69, 9.17) is 14.0 Å². The van der Waals surface area contributed by atoms with Crippen LogP contribution in [0.3, 0.4) is 0 Å². The summed E-state index contributed by atoms with van der Waals surface area (Å²) < 4.78 is 19.1. The molecule has 2 heterocycles. The number of para-hydroxylation sites is 1. The van der Waals surface area contributed by atoms with Crippen LogP contribution in [-0.4, -0.2) is 30.5 Å². The highest BCUT2D eigenvalue weighted by molar-refractivity contribution is 6.79. The summed E-state index contributed by atoms with van der Waals surface area (Å²) in [5.74, 6) is 0. The Morgan fingerprint density at radius 1 is 0.926 bits per heavy atom. The van der Waals surface area contributed by atoms with Crippen molar-refractivity contribution in [3.05, 3.63) is 24.3 Å². The molecule has 1 N–H and O–H groups in total. The molecule has 1 fully saturated rings. The van der Waals surface area contributed by atoms with E-state index in [2.05, 4.69) is 17.2 Å². The number of unbranched alkanes of at least 4 members (excludes halogenated alkanes) is 5. The second-order valence-corrected chi connectivity index (χ2v) is 8.68. The van der Waals surface area contributed by atoms with Crippen LogP contribution in [0.2, 0.25) is 0 Å². The molecule has 1 saturated heterocycles. The predicted molar refractivity (Wildman–Crippen MR) is 113 cm³/mol. The first-order chi connectivity index (χ1) is 12.8. The van der Waals surface area contributed by atoms with Gasteiger partial charge in [0, 0.05) is 23.4 Å². The Kier molecular flexibility index (Phi) is 5.87. The van der Waals surface area contributed by atoms with Gasteiger partial charge in [-0.1, -0.05) is 62.7 Å². The molecule has 0 aliphatic carbocycles. The first-order valence-corrected chi connectivity index (χ1v) is 10.4. The molecule has 0 atom stereocenters. The fourth-order valence-electron chi connectivity index (χ4n) is 3.68. The van der Waals surface area contributed by atoms with E-state index in [1.165, 1.54) is 32.1 Å². The van der Waals surface area contributed by atoms with Crippen LogP contribution in [0.4, 0.5) is 5.69 Å². The Hall–Kier alpha value is -1.53. The van der Waals surface area contributed by atoms with Gasteiger partial charge in [0.15, 0.2) is 0 Å². The minimum Gasteiger partial charge on any atom is -0.639 e. The van der Waals surface area contributed by atoms with Crippen LogP contribution in [0.15, 0.2) is 29.3 Å². The average Bonchev–Trinajstić information content (AvgIpc) is 2.78. The summed E-state index contributed by atoms with van der Waals surface area (Å²) in [5.41, 5.74) is 0.914. The van der Waals surface area contributed by atoms with Gasteiger partial charge in [-0.15, -0.1) is 0 Å². The lowest BCUT2D eigenvalue weighted by molar-refractivity contribution is 0.00578. The largest absolute Gasteiger partial charge is 0.639 e. The van der Waals surface area contributed by atoms with Crippen LogP contribution in [-0.2, 0) is 14.0 Å². The summed E-state index contributed by atoms with van der Waals surface area (Å²) in [7, 11) is 0. The van der Waals surface area contributed by atoms with Crippen molar-refractivity contribution in [1.29, 1.82) is 0 Å². The molecule has 5 nitrogen and oxygen atoms in total. The zero-order valence-electron chi connectivity index (χ0n) is 17.5. The van der Waals surface area contributed by atoms with E-state index < -0.39 is 18.0 Å². The first kappa shape index (κ1) is 20.2. The maximum Gasteiger partial charge on any atom is 0.470 e. The van der Waals surface area contributed by atoms with Gasteiger partial charge in [0.1, 0.15) is 0 Å². The monoisotopic (exact) mass is 373 g/mol. The summed E-state index contributed by atoms with van der Waals surface area (Å²) in [6.07, 6.45) is 7.46. The third-order valence-electron chi connectivity index (χ3n) is 5.97. The van der Waals surface area contributed by atoms with Gasteiger partial charge >= 0.3 is 6.75 Å². The summed E-state index contributed by atoms with van der Waals surface area (Å²) in [5, 5.41) is 3.30. The summed E-state index contributed by atoms with van der Waals surface area (Å²) in [6, 6.07) is 8.50. The van der Waals surface area contributed by atoms with E-state index in [1.807, 2.05) is 52.0 Å². The van der Waals surface area contributed by atoms with Crippen molar-refractivity contribution in [3.63, 3.8) is 0 Å². The van der Waals surface area contributed by atoms with Crippen molar-refractivity contribution in [1.82, 2.24) is 0 Å². The maximum atomic E-state index is 6.42. The van der Waals surface area contributed by atoms with Crippen molar-refractivity contribution >= 4 is 23.9 Å². The molecule has 150 valence electrons. The fourth-order valence-corrected chi connectivity index (χ4v) is 3.68. The van der Waals surface area contributed by atoms with E-state index in [0.29, 0.717) is 6.02 Å². The van der Waals surface area contributed by atoms with Crippen molar-refractivity contribution in [2.24, 2.45) is 4.99 Å². The lowest BCUT2D eigenvalue weighted by Gasteiger charge is -2.43. The molecule has 1 spiro atoms. The van der Waals surface area contributed by atoms with Crippen molar-refractivity contribution in [2.75, 3.05) is 11.9 Å². The SMILES string of the molecule is CCCCCCCCN=C1Nc2ccccc2[B-]2(O1)OC(C)(C)C(C)(C)O2. The second-order valence-electron chi connectivity index (χ2n) is 8.68. The summed E-state index contributed by atoms with van der Waals surface area (Å²) >= 11 is 0. The van der Waals surface area contributed by atoms with Gasteiger partial charge in [0.2, 0.25) is 6.02 Å². The first-order valence-electron chi connectivity index (χ1n) is 10.4. The second kappa shape index (κ2) is 7.84. The molecule has 3 rings (SSSR count). The molecular formula is C21H34BN2O3-. The number of nitrogens with zero attached hydrogens (tertiary/aromatic N) is 1. The molecule has 0 bridgehead atoms. The van der Waals surface area contributed by atoms with Crippen LogP contribution in [0.25, 0.3) is 0 Å². The molecule has 0 radical (unpaired) electrons. The average molecular weight is 373 g/mol. The molecule has 0 amide bonds. The molecule has 1 aromatic rings. The highest BCUT2D eigenvalue weighted by atomic mass is 16.8. The third kappa shape index (κ3) is 4.17. The van der Waals surface area contributed by atoms with E-state index in [1.54, 1.807) is 0 Å². The third-order valence-corrected chi connectivity index (χ3v) is 5.97. The topological polar surface area (TPSA) is 52.1 Å².